The molecule has 2 nitrogen and oxygen atoms in total. The normalized spacial score (nSPS) is 11.8. The molecule has 0 heterocycles. The lowest BCUT2D eigenvalue weighted by molar-refractivity contribution is 0.771. The molecule has 1 rings (SSSR count). The first-order chi connectivity index (χ1) is 7.77. The molecule has 0 aliphatic rings. The third-order valence-electron chi connectivity index (χ3n) is 2.35. The summed E-state index contributed by atoms with van der Waals surface area (Å²) in [5.74, 6) is 2.33. The molecule has 0 fully saturated rings. The summed E-state index contributed by atoms with van der Waals surface area (Å²) in [5.41, 5.74) is 1.66. The second-order valence-electron chi connectivity index (χ2n) is 3.69. The van der Waals surface area contributed by atoms with Gasteiger partial charge in [-0.1, -0.05) is 19.1 Å². The fourth-order valence-electron chi connectivity index (χ4n) is 1.45. The highest BCUT2D eigenvalue weighted by Gasteiger charge is 2.05. The van der Waals surface area contributed by atoms with Crippen LogP contribution in [0.25, 0.3) is 0 Å². The molecular formula is C13H18N2S. The highest BCUT2D eigenvalue weighted by Crippen LogP contribution is 2.16. The van der Waals surface area contributed by atoms with E-state index in [1.165, 1.54) is 11.5 Å². The van der Waals surface area contributed by atoms with Gasteiger partial charge in [0.05, 0.1) is 11.3 Å². The third kappa shape index (κ3) is 4.16. The molecule has 16 heavy (non-hydrogen) atoms. The number of benzene rings is 1. The number of hydrogen-bond donors (Lipinski definition) is 1. The molecule has 1 aromatic carbocycles. The van der Waals surface area contributed by atoms with Crippen molar-refractivity contribution in [3.8, 4) is 6.07 Å². The molecule has 0 spiro atoms. The monoisotopic (exact) mass is 234 g/mol. The van der Waals surface area contributed by atoms with Crippen molar-refractivity contribution in [1.82, 2.24) is 0 Å². The Morgan fingerprint density at radius 1 is 1.44 bits per heavy atom. The van der Waals surface area contributed by atoms with E-state index in [0.29, 0.717) is 6.04 Å². The van der Waals surface area contributed by atoms with Gasteiger partial charge in [-0.3, -0.25) is 0 Å². The Labute approximate surface area is 102 Å². The Bertz CT molecular complexity index is 357. The van der Waals surface area contributed by atoms with Crippen LogP contribution in [0.4, 0.5) is 5.69 Å². The Morgan fingerprint density at radius 2 is 2.19 bits per heavy atom. The van der Waals surface area contributed by atoms with Crippen molar-refractivity contribution in [2.75, 3.05) is 16.8 Å². The SMILES string of the molecule is CCSCCC(C)Nc1ccccc1C#N. The van der Waals surface area contributed by atoms with E-state index in [1.807, 2.05) is 36.0 Å². The topological polar surface area (TPSA) is 35.8 Å². The van der Waals surface area contributed by atoms with Gasteiger partial charge in [-0.2, -0.15) is 17.0 Å². The minimum Gasteiger partial charge on any atom is -0.381 e. The van der Waals surface area contributed by atoms with Gasteiger partial charge in [-0.25, -0.2) is 0 Å². The number of nitriles is 1. The summed E-state index contributed by atoms with van der Waals surface area (Å²) < 4.78 is 0. The van der Waals surface area contributed by atoms with Crippen LogP contribution in [0.15, 0.2) is 24.3 Å². The maximum absolute atomic E-state index is 8.95. The number of para-hydroxylation sites is 1. The summed E-state index contributed by atoms with van der Waals surface area (Å²) in [6.45, 7) is 4.33. The zero-order chi connectivity index (χ0) is 11.8. The smallest absolute Gasteiger partial charge is 0.101 e. The number of rotatable bonds is 6. The lowest BCUT2D eigenvalue weighted by Gasteiger charge is -2.15. The van der Waals surface area contributed by atoms with E-state index < -0.39 is 0 Å². The van der Waals surface area contributed by atoms with E-state index in [0.717, 1.165) is 17.7 Å². The molecule has 0 radical (unpaired) electrons. The highest BCUT2D eigenvalue weighted by atomic mass is 32.2. The van der Waals surface area contributed by atoms with Gasteiger partial charge in [0.25, 0.3) is 0 Å². The molecule has 0 saturated heterocycles. The first-order valence-corrected chi connectivity index (χ1v) is 6.76. The van der Waals surface area contributed by atoms with Gasteiger partial charge in [0.2, 0.25) is 0 Å². The van der Waals surface area contributed by atoms with Crippen LogP contribution >= 0.6 is 11.8 Å². The van der Waals surface area contributed by atoms with E-state index in [2.05, 4.69) is 25.2 Å². The molecule has 0 aromatic heterocycles. The second-order valence-corrected chi connectivity index (χ2v) is 5.08. The molecule has 1 aromatic rings. The van der Waals surface area contributed by atoms with Crippen LogP contribution in [0.1, 0.15) is 25.8 Å². The average Bonchev–Trinajstić information content (AvgIpc) is 2.30. The predicted molar refractivity (Wildman–Crippen MR) is 71.9 cm³/mol. The molecule has 1 N–H and O–H groups in total. The van der Waals surface area contributed by atoms with Gasteiger partial charge in [0.1, 0.15) is 6.07 Å². The summed E-state index contributed by atoms with van der Waals surface area (Å²) >= 11 is 1.95. The molecule has 0 amide bonds. The first-order valence-electron chi connectivity index (χ1n) is 5.61. The maximum Gasteiger partial charge on any atom is 0.101 e. The Balaban J connectivity index is 2.49. The molecule has 0 saturated carbocycles. The van der Waals surface area contributed by atoms with Crippen molar-refractivity contribution in [1.29, 1.82) is 5.26 Å². The number of hydrogen-bond acceptors (Lipinski definition) is 3. The lowest BCUT2D eigenvalue weighted by Crippen LogP contribution is -2.16. The lowest BCUT2D eigenvalue weighted by atomic mass is 10.1. The fraction of sp³-hybridized carbons (Fsp3) is 0.462. The quantitative estimate of drug-likeness (QED) is 0.765. The third-order valence-corrected chi connectivity index (χ3v) is 3.28. The molecule has 1 atom stereocenters. The van der Waals surface area contributed by atoms with E-state index in [-0.39, 0.29) is 0 Å². The average molecular weight is 234 g/mol. The molecule has 0 aliphatic carbocycles. The largest absolute Gasteiger partial charge is 0.381 e. The minimum absolute atomic E-state index is 0.411. The van der Waals surface area contributed by atoms with Gasteiger partial charge >= 0.3 is 0 Å². The van der Waals surface area contributed by atoms with Crippen LogP contribution in [0.3, 0.4) is 0 Å². The van der Waals surface area contributed by atoms with Crippen LogP contribution in [-0.2, 0) is 0 Å². The van der Waals surface area contributed by atoms with Gasteiger partial charge in [-0.15, -0.1) is 0 Å². The summed E-state index contributed by atoms with van der Waals surface area (Å²) in [6.07, 6.45) is 1.12. The van der Waals surface area contributed by atoms with Crippen LogP contribution < -0.4 is 5.32 Å². The van der Waals surface area contributed by atoms with Crippen molar-refractivity contribution in [2.45, 2.75) is 26.3 Å². The summed E-state index contributed by atoms with van der Waals surface area (Å²) in [7, 11) is 0. The standard InChI is InChI=1S/C13H18N2S/c1-3-16-9-8-11(2)15-13-7-5-4-6-12(13)10-14/h4-7,11,15H,3,8-9H2,1-2H3. The van der Waals surface area contributed by atoms with Crippen molar-refractivity contribution in [3.05, 3.63) is 29.8 Å². The Kier molecular flexibility index (Phi) is 5.81. The van der Waals surface area contributed by atoms with Crippen molar-refractivity contribution in [2.24, 2.45) is 0 Å². The molecular weight excluding hydrogens is 216 g/mol. The summed E-state index contributed by atoms with van der Waals surface area (Å²) in [5, 5.41) is 12.3. The zero-order valence-electron chi connectivity index (χ0n) is 9.86. The molecule has 1 unspecified atom stereocenters. The van der Waals surface area contributed by atoms with Crippen LogP contribution in [0.2, 0.25) is 0 Å². The summed E-state index contributed by atoms with van der Waals surface area (Å²) in [4.78, 5) is 0. The van der Waals surface area contributed by atoms with Crippen molar-refractivity contribution < 1.29 is 0 Å². The van der Waals surface area contributed by atoms with Gasteiger partial charge in [-0.05, 0) is 37.0 Å². The van der Waals surface area contributed by atoms with E-state index in [1.54, 1.807) is 0 Å². The number of thioether (sulfide) groups is 1. The molecule has 3 heteroatoms. The number of nitrogens with zero attached hydrogens (tertiary/aromatic N) is 1. The zero-order valence-corrected chi connectivity index (χ0v) is 10.7. The first kappa shape index (κ1) is 12.9. The predicted octanol–water partition coefficient (Wildman–Crippen LogP) is 3.50. The van der Waals surface area contributed by atoms with Gasteiger partial charge < -0.3 is 5.32 Å². The summed E-state index contributed by atoms with van der Waals surface area (Å²) in [6, 6.07) is 10.3. The van der Waals surface area contributed by atoms with Crippen molar-refractivity contribution in [3.63, 3.8) is 0 Å². The fourth-order valence-corrected chi connectivity index (χ4v) is 2.26. The van der Waals surface area contributed by atoms with E-state index in [4.69, 9.17) is 5.26 Å². The van der Waals surface area contributed by atoms with Gasteiger partial charge in [0, 0.05) is 6.04 Å². The molecule has 0 aliphatic heterocycles. The van der Waals surface area contributed by atoms with Gasteiger partial charge in [0.15, 0.2) is 0 Å². The Hall–Kier alpha value is -1.14. The molecule has 86 valence electrons. The Morgan fingerprint density at radius 3 is 2.88 bits per heavy atom. The van der Waals surface area contributed by atoms with E-state index >= 15 is 0 Å². The number of anilines is 1. The number of nitrogens with one attached hydrogen (secondary N) is 1. The second kappa shape index (κ2) is 7.19. The molecule has 0 bridgehead atoms. The van der Waals surface area contributed by atoms with E-state index in [9.17, 15) is 0 Å². The van der Waals surface area contributed by atoms with Crippen LogP contribution in [-0.4, -0.2) is 17.5 Å². The van der Waals surface area contributed by atoms with Crippen LogP contribution in [0.5, 0.6) is 0 Å². The highest BCUT2D eigenvalue weighted by molar-refractivity contribution is 7.99. The van der Waals surface area contributed by atoms with Crippen LogP contribution in [0, 0.1) is 11.3 Å². The van der Waals surface area contributed by atoms with Crippen molar-refractivity contribution >= 4 is 17.4 Å². The maximum atomic E-state index is 8.95. The minimum atomic E-state index is 0.411.